The molecule has 9 heteroatoms. The number of nitrogens with zero attached hydrogens (tertiary/aromatic N) is 4. The van der Waals surface area contributed by atoms with E-state index in [0.717, 1.165) is 24.1 Å². The van der Waals surface area contributed by atoms with Crippen LogP contribution >= 0.6 is 35.6 Å². The van der Waals surface area contributed by atoms with Gasteiger partial charge in [-0.1, -0.05) is 34.4 Å². The smallest absolute Gasteiger partial charge is 0.248 e. The molecule has 2 heterocycles. The molecule has 0 saturated heterocycles. The molecular weight excluding hydrogens is 361 g/mol. The van der Waals surface area contributed by atoms with Crippen molar-refractivity contribution in [2.24, 2.45) is 0 Å². The van der Waals surface area contributed by atoms with E-state index in [-0.39, 0.29) is 18.2 Å². The number of tetrazole rings is 1. The van der Waals surface area contributed by atoms with Gasteiger partial charge in [0.1, 0.15) is 6.04 Å². The number of carbonyl (C=O) groups excluding carboxylic acids is 1. The summed E-state index contributed by atoms with van der Waals surface area (Å²) in [5.74, 6) is 0.621. The molecule has 2 aliphatic rings. The number of anilines is 1. The Morgan fingerprint density at radius 2 is 2.09 bits per heavy atom. The maximum atomic E-state index is 12.5. The number of ketones is 1. The SMILES string of the molecule is Cl.O=C1CCCC2=C1C(c1ccc(Cl)cc1Cl)n1nnnc1N2. The van der Waals surface area contributed by atoms with Crippen molar-refractivity contribution in [1.29, 1.82) is 0 Å². The molecule has 6 nitrogen and oxygen atoms in total. The lowest BCUT2D eigenvalue weighted by atomic mass is 9.85. The lowest BCUT2D eigenvalue weighted by Crippen LogP contribution is -2.31. The second-order valence-electron chi connectivity index (χ2n) is 5.31. The Hall–Kier alpha value is -1.63. The second kappa shape index (κ2) is 6.11. The quantitative estimate of drug-likeness (QED) is 0.830. The predicted molar refractivity (Wildman–Crippen MR) is 89.2 cm³/mol. The van der Waals surface area contributed by atoms with Gasteiger partial charge in [0.2, 0.25) is 5.95 Å². The van der Waals surface area contributed by atoms with Gasteiger partial charge in [-0.25, -0.2) is 0 Å². The highest BCUT2D eigenvalue weighted by Gasteiger charge is 2.37. The molecule has 1 aromatic carbocycles. The van der Waals surface area contributed by atoms with Crippen molar-refractivity contribution < 1.29 is 4.79 Å². The van der Waals surface area contributed by atoms with Gasteiger partial charge >= 0.3 is 0 Å². The number of rotatable bonds is 1. The Morgan fingerprint density at radius 3 is 2.87 bits per heavy atom. The van der Waals surface area contributed by atoms with Crippen LogP contribution in [0.4, 0.5) is 5.95 Å². The van der Waals surface area contributed by atoms with Gasteiger partial charge in [0, 0.05) is 33.3 Å². The van der Waals surface area contributed by atoms with Crippen LogP contribution < -0.4 is 5.32 Å². The zero-order valence-electron chi connectivity index (χ0n) is 11.8. The van der Waals surface area contributed by atoms with Crippen LogP contribution in [0.2, 0.25) is 10.0 Å². The first kappa shape index (κ1) is 16.2. The summed E-state index contributed by atoms with van der Waals surface area (Å²) >= 11 is 12.3. The first-order valence-corrected chi connectivity index (χ1v) is 7.67. The highest BCUT2D eigenvalue weighted by molar-refractivity contribution is 6.35. The molecule has 23 heavy (non-hydrogen) atoms. The van der Waals surface area contributed by atoms with Crippen molar-refractivity contribution >= 4 is 47.3 Å². The molecule has 4 rings (SSSR count). The van der Waals surface area contributed by atoms with E-state index in [1.807, 2.05) is 6.07 Å². The van der Waals surface area contributed by atoms with Crippen LogP contribution in [-0.2, 0) is 4.79 Å². The van der Waals surface area contributed by atoms with E-state index in [9.17, 15) is 4.79 Å². The lowest BCUT2D eigenvalue weighted by Gasteiger charge is -2.31. The second-order valence-corrected chi connectivity index (χ2v) is 6.15. The number of aromatic nitrogens is 4. The predicted octanol–water partition coefficient (Wildman–Crippen LogP) is 3.42. The summed E-state index contributed by atoms with van der Waals surface area (Å²) in [5, 5.41) is 15.9. The summed E-state index contributed by atoms with van der Waals surface area (Å²) in [5.41, 5.74) is 2.34. The van der Waals surface area contributed by atoms with Gasteiger partial charge in [-0.2, -0.15) is 4.68 Å². The normalized spacial score (nSPS) is 19.6. The molecular formula is C14H12Cl3N5O. The molecule has 120 valence electrons. The van der Waals surface area contributed by atoms with E-state index in [2.05, 4.69) is 20.8 Å². The number of Topliss-reactive ketones (excluding diaryl/α,β-unsaturated/α-hetero) is 1. The molecule has 0 saturated carbocycles. The molecule has 0 fully saturated rings. The third-order valence-electron chi connectivity index (χ3n) is 3.99. The van der Waals surface area contributed by atoms with Gasteiger partial charge in [-0.05, 0) is 35.4 Å². The zero-order valence-corrected chi connectivity index (χ0v) is 14.1. The first-order valence-electron chi connectivity index (χ1n) is 6.91. The van der Waals surface area contributed by atoms with Gasteiger partial charge in [0.25, 0.3) is 0 Å². The topological polar surface area (TPSA) is 72.7 Å². The molecule has 0 radical (unpaired) electrons. The average Bonchev–Trinajstić information content (AvgIpc) is 2.94. The van der Waals surface area contributed by atoms with E-state index in [1.54, 1.807) is 16.8 Å². The van der Waals surface area contributed by atoms with Crippen LogP contribution in [0.3, 0.4) is 0 Å². The van der Waals surface area contributed by atoms with Crippen molar-refractivity contribution in [3.63, 3.8) is 0 Å². The molecule has 1 N–H and O–H groups in total. The van der Waals surface area contributed by atoms with E-state index in [1.165, 1.54) is 0 Å². The molecule has 1 aromatic heterocycles. The number of halogens is 3. The van der Waals surface area contributed by atoms with Crippen LogP contribution in [0.25, 0.3) is 0 Å². The van der Waals surface area contributed by atoms with E-state index in [0.29, 0.717) is 28.0 Å². The molecule has 1 aliphatic carbocycles. The number of hydrogen-bond acceptors (Lipinski definition) is 5. The van der Waals surface area contributed by atoms with Gasteiger partial charge in [0.05, 0.1) is 0 Å². The van der Waals surface area contributed by atoms with Crippen molar-refractivity contribution in [2.75, 3.05) is 5.32 Å². The van der Waals surface area contributed by atoms with E-state index < -0.39 is 6.04 Å². The van der Waals surface area contributed by atoms with Crippen molar-refractivity contribution in [3.8, 4) is 0 Å². The van der Waals surface area contributed by atoms with Gasteiger partial charge in [0.15, 0.2) is 5.78 Å². The van der Waals surface area contributed by atoms with Crippen LogP contribution in [0.5, 0.6) is 0 Å². The minimum Gasteiger partial charge on any atom is -0.326 e. The Balaban J connectivity index is 0.00000156. The fraction of sp³-hybridized carbons (Fsp3) is 0.286. The number of benzene rings is 1. The van der Waals surface area contributed by atoms with Crippen LogP contribution in [0, 0.1) is 0 Å². The summed E-state index contributed by atoms with van der Waals surface area (Å²) in [4.78, 5) is 12.5. The minimum absolute atomic E-state index is 0. The van der Waals surface area contributed by atoms with Gasteiger partial charge in [-0.15, -0.1) is 12.4 Å². The summed E-state index contributed by atoms with van der Waals surface area (Å²) in [6, 6.07) is 4.82. The van der Waals surface area contributed by atoms with Gasteiger partial charge < -0.3 is 5.32 Å². The molecule has 1 atom stereocenters. The largest absolute Gasteiger partial charge is 0.326 e. The van der Waals surface area contributed by atoms with Crippen LogP contribution in [0.15, 0.2) is 29.5 Å². The van der Waals surface area contributed by atoms with Gasteiger partial charge in [-0.3, -0.25) is 4.79 Å². The third-order valence-corrected chi connectivity index (χ3v) is 4.55. The molecule has 2 aromatic rings. The van der Waals surface area contributed by atoms with Crippen molar-refractivity contribution in [1.82, 2.24) is 20.2 Å². The fourth-order valence-electron chi connectivity index (χ4n) is 3.03. The first-order chi connectivity index (χ1) is 10.6. The summed E-state index contributed by atoms with van der Waals surface area (Å²) in [6.07, 6.45) is 2.16. The van der Waals surface area contributed by atoms with Crippen molar-refractivity contribution in [3.05, 3.63) is 45.1 Å². The number of allylic oxidation sites excluding steroid dienone is 2. The maximum absolute atomic E-state index is 12.5. The zero-order chi connectivity index (χ0) is 15.3. The summed E-state index contributed by atoms with van der Waals surface area (Å²) in [7, 11) is 0. The lowest BCUT2D eigenvalue weighted by molar-refractivity contribution is -0.116. The molecule has 1 unspecified atom stereocenters. The number of fused-ring (bicyclic) bond motifs is 1. The Morgan fingerprint density at radius 1 is 1.26 bits per heavy atom. The summed E-state index contributed by atoms with van der Waals surface area (Å²) < 4.78 is 1.59. The molecule has 0 amide bonds. The van der Waals surface area contributed by atoms with Crippen LogP contribution in [0.1, 0.15) is 30.9 Å². The Kier molecular flexibility index (Phi) is 4.31. The van der Waals surface area contributed by atoms with E-state index >= 15 is 0 Å². The van der Waals surface area contributed by atoms with Crippen molar-refractivity contribution in [2.45, 2.75) is 25.3 Å². The molecule has 1 aliphatic heterocycles. The van der Waals surface area contributed by atoms with E-state index in [4.69, 9.17) is 23.2 Å². The molecule has 0 bridgehead atoms. The average molecular weight is 373 g/mol. The molecule has 0 spiro atoms. The summed E-state index contributed by atoms with van der Waals surface area (Å²) in [6.45, 7) is 0. The fourth-order valence-corrected chi connectivity index (χ4v) is 3.54. The number of carbonyl (C=O) groups is 1. The Bertz CT molecular complexity index is 816. The third kappa shape index (κ3) is 2.60. The monoisotopic (exact) mass is 371 g/mol. The number of hydrogen-bond donors (Lipinski definition) is 1. The highest BCUT2D eigenvalue weighted by Crippen LogP contribution is 2.41. The number of nitrogens with one attached hydrogen (secondary N) is 1. The maximum Gasteiger partial charge on any atom is 0.248 e. The minimum atomic E-state index is -0.418. The standard InChI is InChI=1S/C14H11Cl2N5O.ClH/c15-7-4-5-8(9(16)6-7)13-12-10(2-1-3-11(12)22)17-14-18-19-20-21(13)14;/h4-6,13H,1-3H2,(H,17,18,20);1H. The highest BCUT2D eigenvalue weighted by atomic mass is 35.5. The Labute approximate surface area is 148 Å². The van der Waals surface area contributed by atoms with Crippen LogP contribution in [-0.4, -0.2) is 26.0 Å².